The van der Waals surface area contributed by atoms with Crippen LogP contribution in [0.25, 0.3) is 6.08 Å². The molecule has 0 bridgehead atoms. The van der Waals surface area contributed by atoms with Crippen molar-refractivity contribution in [2.24, 2.45) is 11.5 Å². The monoisotopic (exact) mass is 220 g/mol. The topological polar surface area (TPSA) is 110 Å². The molecule has 0 amide bonds. The standard InChI is InChI=1S/C11H12N2O3/c12-11(13)5-4-7-2-1-3-8(15)9(7)10(11,16)6-14/h1-6,15-16H,12-13H2. The van der Waals surface area contributed by atoms with Gasteiger partial charge in [-0.25, -0.2) is 0 Å². The molecule has 5 heteroatoms. The molecule has 84 valence electrons. The van der Waals surface area contributed by atoms with Crippen molar-refractivity contribution < 1.29 is 15.0 Å². The maximum atomic E-state index is 11.1. The van der Waals surface area contributed by atoms with Crippen molar-refractivity contribution in [1.82, 2.24) is 0 Å². The van der Waals surface area contributed by atoms with Gasteiger partial charge in [-0.05, 0) is 17.7 Å². The fourth-order valence-corrected chi connectivity index (χ4v) is 1.84. The number of phenolic OH excluding ortho intramolecular Hbond substituents is 1. The van der Waals surface area contributed by atoms with Crippen molar-refractivity contribution in [2.75, 3.05) is 0 Å². The molecule has 1 unspecified atom stereocenters. The highest BCUT2D eigenvalue weighted by atomic mass is 16.3. The summed E-state index contributed by atoms with van der Waals surface area (Å²) in [6, 6.07) is 4.61. The van der Waals surface area contributed by atoms with Crippen LogP contribution in [0, 0.1) is 0 Å². The van der Waals surface area contributed by atoms with E-state index in [9.17, 15) is 15.0 Å². The van der Waals surface area contributed by atoms with E-state index in [1.807, 2.05) is 0 Å². The first-order valence-corrected chi connectivity index (χ1v) is 4.70. The minimum atomic E-state index is -2.12. The number of carbonyl (C=O) groups is 1. The molecule has 0 heterocycles. The Morgan fingerprint density at radius 1 is 1.31 bits per heavy atom. The molecule has 6 N–H and O–H groups in total. The quantitative estimate of drug-likeness (QED) is 0.374. The summed E-state index contributed by atoms with van der Waals surface area (Å²) in [7, 11) is 0. The lowest BCUT2D eigenvalue weighted by atomic mass is 9.76. The SMILES string of the molecule is NC1(N)C=Cc2cccc(O)c2C1(O)C=O. The number of hydrogen-bond acceptors (Lipinski definition) is 5. The van der Waals surface area contributed by atoms with Crippen LogP contribution in [0.4, 0.5) is 0 Å². The van der Waals surface area contributed by atoms with Crippen LogP contribution in [-0.2, 0) is 10.4 Å². The first-order chi connectivity index (χ1) is 7.42. The van der Waals surface area contributed by atoms with Crippen LogP contribution >= 0.6 is 0 Å². The van der Waals surface area contributed by atoms with Crippen LogP contribution < -0.4 is 11.5 Å². The Hall–Kier alpha value is -1.69. The zero-order chi connectivity index (χ0) is 12.0. The molecule has 1 aliphatic rings. The number of rotatable bonds is 1. The number of hydrogen-bond donors (Lipinski definition) is 4. The number of fused-ring (bicyclic) bond motifs is 1. The largest absolute Gasteiger partial charge is 0.508 e. The van der Waals surface area contributed by atoms with E-state index in [0.717, 1.165) is 0 Å². The highest BCUT2D eigenvalue weighted by molar-refractivity contribution is 5.79. The molecule has 0 aliphatic heterocycles. The molecule has 1 atom stereocenters. The number of nitrogens with two attached hydrogens (primary N) is 2. The predicted molar refractivity (Wildman–Crippen MR) is 58.2 cm³/mol. The Labute approximate surface area is 92.0 Å². The maximum Gasteiger partial charge on any atom is 0.183 e. The van der Waals surface area contributed by atoms with Gasteiger partial charge in [0.25, 0.3) is 0 Å². The number of carbonyl (C=O) groups excluding carboxylic acids is 1. The third kappa shape index (κ3) is 1.19. The van der Waals surface area contributed by atoms with Crippen molar-refractivity contribution in [3.63, 3.8) is 0 Å². The van der Waals surface area contributed by atoms with Crippen molar-refractivity contribution >= 4 is 12.4 Å². The van der Waals surface area contributed by atoms with Gasteiger partial charge in [0.15, 0.2) is 11.9 Å². The number of aromatic hydroxyl groups is 1. The fraction of sp³-hybridized carbons (Fsp3) is 0.182. The highest BCUT2D eigenvalue weighted by Crippen LogP contribution is 2.40. The van der Waals surface area contributed by atoms with E-state index >= 15 is 0 Å². The number of benzene rings is 1. The van der Waals surface area contributed by atoms with Crippen LogP contribution in [-0.4, -0.2) is 22.2 Å². The van der Waals surface area contributed by atoms with E-state index in [4.69, 9.17) is 11.5 Å². The molecule has 0 spiro atoms. The van der Waals surface area contributed by atoms with Gasteiger partial charge in [-0.1, -0.05) is 18.2 Å². The molecule has 1 aromatic rings. The van der Waals surface area contributed by atoms with E-state index in [1.54, 1.807) is 18.2 Å². The van der Waals surface area contributed by atoms with Crippen LogP contribution in [0.15, 0.2) is 24.3 Å². The summed E-state index contributed by atoms with van der Waals surface area (Å²) in [5, 5.41) is 19.9. The van der Waals surface area contributed by atoms with Crippen LogP contribution in [0.1, 0.15) is 11.1 Å². The van der Waals surface area contributed by atoms with Gasteiger partial charge in [-0.15, -0.1) is 0 Å². The molecule has 5 nitrogen and oxygen atoms in total. The van der Waals surface area contributed by atoms with Crippen LogP contribution in [0.2, 0.25) is 0 Å². The first-order valence-electron chi connectivity index (χ1n) is 4.70. The zero-order valence-corrected chi connectivity index (χ0v) is 8.42. The Kier molecular flexibility index (Phi) is 2.13. The van der Waals surface area contributed by atoms with E-state index in [-0.39, 0.29) is 17.6 Å². The Morgan fingerprint density at radius 2 is 2.00 bits per heavy atom. The Balaban J connectivity index is 2.79. The van der Waals surface area contributed by atoms with E-state index in [2.05, 4.69) is 0 Å². The van der Waals surface area contributed by atoms with E-state index < -0.39 is 11.3 Å². The molecule has 1 aliphatic carbocycles. The first kappa shape index (κ1) is 10.8. The molecule has 0 saturated heterocycles. The summed E-state index contributed by atoms with van der Waals surface area (Å²) >= 11 is 0. The molecule has 0 saturated carbocycles. The number of phenols is 1. The zero-order valence-electron chi connectivity index (χ0n) is 8.42. The van der Waals surface area contributed by atoms with Gasteiger partial charge in [0, 0.05) is 5.56 Å². The van der Waals surface area contributed by atoms with Gasteiger partial charge in [-0.3, -0.25) is 4.79 Å². The second-order valence-electron chi connectivity index (χ2n) is 3.89. The summed E-state index contributed by atoms with van der Waals surface area (Å²) in [5.74, 6) is -0.211. The van der Waals surface area contributed by atoms with Crippen molar-refractivity contribution in [2.45, 2.75) is 11.3 Å². The minimum absolute atomic E-state index is 0.0394. The number of aliphatic hydroxyl groups is 1. The van der Waals surface area contributed by atoms with Crippen molar-refractivity contribution in [1.29, 1.82) is 0 Å². The van der Waals surface area contributed by atoms with Crippen LogP contribution in [0.3, 0.4) is 0 Å². The fourth-order valence-electron chi connectivity index (χ4n) is 1.84. The third-order valence-corrected chi connectivity index (χ3v) is 2.83. The van der Waals surface area contributed by atoms with Crippen molar-refractivity contribution in [3.8, 4) is 5.75 Å². The average Bonchev–Trinajstić information content (AvgIpc) is 2.24. The normalized spacial score (nSPS) is 26.2. The maximum absolute atomic E-state index is 11.1. The minimum Gasteiger partial charge on any atom is -0.508 e. The van der Waals surface area contributed by atoms with Crippen molar-refractivity contribution in [3.05, 3.63) is 35.4 Å². The van der Waals surface area contributed by atoms with Gasteiger partial charge in [0.2, 0.25) is 0 Å². The third-order valence-electron chi connectivity index (χ3n) is 2.83. The van der Waals surface area contributed by atoms with E-state index in [0.29, 0.717) is 5.56 Å². The summed E-state index contributed by atoms with van der Waals surface area (Å²) in [6.45, 7) is 0. The molecule has 1 aromatic carbocycles. The smallest absolute Gasteiger partial charge is 0.183 e. The molecule has 0 radical (unpaired) electrons. The lowest BCUT2D eigenvalue weighted by molar-refractivity contribution is -0.130. The molecular weight excluding hydrogens is 208 g/mol. The lowest BCUT2D eigenvalue weighted by Crippen LogP contribution is -2.65. The average molecular weight is 220 g/mol. The van der Waals surface area contributed by atoms with Gasteiger partial charge in [0.05, 0.1) is 0 Å². The second-order valence-corrected chi connectivity index (χ2v) is 3.89. The van der Waals surface area contributed by atoms with E-state index in [1.165, 1.54) is 12.1 Å². The van der Waals surface area contributed by atoms with Gasteiger partial charge in [-0.2, -0.15) is 0 Å². The molecular formula is C11H12N2O3. The summed E-state index contributed by atoms with van der Waals surface area (Å²) in [6.07, 6.45) is 3.14. The Morgan fingerprint density at radius 3 is 2.62 bits per heavy atom. The van der Waals surface area contributed by atoms with Gasteiger partial charge >= 0.3 is 0 Å². The number of aldehydes is 1. The summed E-state index contributed by atoms with van der Waals surface area (Å²) in [4.78, 5) is 11.1. The highest BCUT2D eigenvalue weighted by Gasteiger charge is 2.49. The molecule has 0 fully saturated rings. The molecule has 16 heavy (non-hydrogen) atoms. The second kappa shape index (κ2) is 3.15. The Bertz CT molecular complexity index is 482. The van der Waals surface area contributed by atoms with Gasteiger partial charge < -0.3 is 21.7 Å². The van der Waals surface area contributed by atoms with Gasteiger partial charge in [0.1, 0.15) is 11.4 Å². The lowest BCUT2D eigenvalue weighted by Gasteiger charge is -2.39. The predicted octanol–water partition coefficient (Wildman–Crippen LogP) is -0.581. The summed E-state index contributed by atoms with van der Waals surface area (Å²) in [5.41, 5.74) is 7.99. The molecule has 0 aromatic heterocycles. The summed E-state index contributed by atoms with van der Waals surface area (Å²) < 4.78 is 0. The molecule has 2 rings (SSSR count). The van der Waals surface area contributed by atoms with Crippen LogP contribution in [0.5, 0.6) is 5.75 Å².